The zero-order valence-electron chi connectivity index (χ0n) is 14.1. The molecule has 2 N–H and O–H groups in total. The Labute approximate surface area is 158 Å². The Morgan fingerprint density at radius 2 is 2.27 bits per heavy atom. The van der Waals surface area contributed by atoms with Crippen LogP contribution in [0.2, 0.25) is 0 Å². The number of nitrogens with two attached hydrogens (primary N) is 1. The molecule has 3 heterocycles. The SMILES string of the molecule is Nc1cccc2c1CCCN2C(=O)CSCc1cc(=O)n2ccsc2n1. The third-order valence-corrected chi connectivity index (χ3v) is 6.13. The number of hydrogen-bond donors (Lipinski definition) is 1. The highest BCUT2D eigenvalue weighted by molar-refractivity contribution is 7.99. The van der Waals surface area contributed by atoms with E-state index in [1.807, 2.05) is 28.5 Å². The molecule has 0 atom stereocenters. The summed E-state index contributed by atoms with van der Waals surface area (Å²) in [5.74, 6) is 0.947. The lowest BCUT2D eigenvalue weighted by atomic mass is 10.00. The van der Waals surface area contributed by atoms with Crippen LogP contribution in [0.5, 0.6) is 0 Å². The molecule has 0 aliphatic carbocycles. The van der Waals surface area contributed by atoms with Gasteiger partial charge in [-0.05, 0) is 30.5 Å². The number of amides is 1. The Morgan fingerprint density at radius 1 is 1.38 bits per heavy atom. The van der Waals surface area contributed by atoms with E-state index in [2.05, 4.69) is 4.98 Å². The molecule has 0 unspecified atom stereocenters. The zero-order valence-corrected chi connectivity index (χ0v) is 15.7. The number of anilines is 2. The minimum Gasteiger partial charge on any atom is -0.398 e. The number of rotatable bonds is 4. The van der Waals surface area contributed by atoms with Crippen molar-refractivity contribution in [2.24, 2.45) is 0 Å². The third-order valence-electron chi connectivity index (χ3n) is 4.42. The van der Waals surface area contributed by atoms with Gasteiger partial charge in [-0.3, -0.25) is 14.0 Å². The van der Waals surface area contributed by atoms with Crippen molar-refractivity contribution in [1.29, 1.82) is 0 Å². The summed E-state index contributed by atoms with van der Waals surface area (Å²) in [6, 6.07) is 7.27. The Balaban J connectivity index is 1.43. The second-order valence-electron chi connectivity index (χ2n) is 6.13. The van der Waals surface area contributed by atoms with Crippen LogP contribution in [0.4, 0.5) is 11.4 Å². The molecule has 0 spiro atoms. The smallest absolute Gasteiger partial charge is 0.258 e. The van der Waals surface area contributed by atoms with Crippen LogP contribution in [-0.4, -0.2) is 27.6 Å². The van der Waals surface area contributed by atoms with E-state index in [9.17, 15) is 9.59 Å². The molecule has 0 bridgehead atoms. The van der Waals surface area contributed by atoms with Crippen molar-refractivity contribution in [3.63, 3.8) is 0 Å². The first-order chi connectivity index (χ1) is 12.6. The van der Waals surface area contributed by atoms with Gasteiger partial charge < -0.3 is 10.6 Å². The number of nitrogen functional groups attached to an aromatic ring is 1. The monoisotopic (exact) mass is 386 g/mol. The van der Waals surface area contributed by atoms with Crippen molar-refractivity contribution >= 4 is 45.3 Å². The van der Waals surface area contributed by atoms with Crippen LogP contribution in [0, 0.1) is 0 Å². The lowest BCUT2D eigenvalue weighted by Crippen LogP contribution is -2.37. The van der Waals surface area contributed by atoms with E-state index in [1.54, 1.807) is 6.20 Å². The molecule has 8 heteroatoms. The fourth-order valence-corrected chi connectivity index (χ4v) is 4.72. The molecule has 0 radical (unpaired) electrons. The Kier molecular flexibility index (Phi) is 4.69. The second-order valence-corrected chi connectivity index (χ2v) is 7.99. The van der Waals surface area contributed by atoms with E-state index in [1.165, 1.54) is 33.6 Å². The maximum absolute atomic E-state index is 12.7. The van der Waals surface area contributed by atoms with Crippen LogP contribution in [0.15, 0.2) is 40.6 Å². The van der Waals surface area contributed by atoms with Gasteiger partial charge in [0, 0.05) is 41.3 Å². The number of aromatic nitrogens is 2. The number of fused-ring (bicyclic) bond motifs is 2. The van der Waals surface area contributed by atoms with Gasteiger partial charge in [-0.15, -0.1) is 23.1 Å². The van der Waals surface area contributed by atoms with E-state index < -0.39 is 0 Å². The molecule has 1 amide bonds. The average molecular weight is 387 g/mol. The number of thioether (sulfide) groups is 1. The number of benzene rings is 1. The van der Waals surface area contributed by atoms with Crippen LogP contribution in [0.3, 0.4) is 0 Å². The molecule has 26 heavy (non-hydrogen) atoms. The number of carbonyl (C=O) groups excluding carboxylic acids is 1. The van der Waals surface area contributed by atoms with Gasteiger partial charge in [0.15, 0.2) is 4.96 Å². The lowest BCUT2D eigenvalue weighted by Gasteiger charge is -2.30. The minimum atomic E-state index is -0.0846. The Bertz CT molecular complexity index is 1030. The molecule has 134 valence electrons. The van der Waals surface area contributed by atoms with Gasteiger partial charge in [0.05, 0.1) is 11.4 Å². The highest BCUT2D eigenvalue weighted by atomic mass is 32.2. The van der Waals surface area contributed by atoms with Crippen LogP contribution in [-0.2, 0) is 17.0 Å². The molecule has 1 aliphatic heterocycles. The maximum atomic E-state index is 12.7. The molecule has 3 aromatic rings. The largest absolute Gasteiger partial charge is 0.398 e. The first kappa shape index (κ1) is 17.1. The number of hydrogen-bond acceptors (Lipinski definition) is 6. The van der Waals surface area contributed by atoms with E-state index in [0.29, 0.717) is 22.2 Å². The van der Waals surface area contributed by atoms with Crippen LogP contribution < -0.4 is 16.2 Å². The van der Waals surface area contributed by atoms with Crippen LogP contribution in [0.25, 0.3) is 4.96 Å². The predicted molar refractivity (Wildman–Crippen MR) is 107 cm³/mol. The van der Waals surface area contributed by atoms with Gasteiger partial charge in [0.25, 0.3) is 5.56 Å². The van der Waals surface area contributed by atoms with Gasteiger partial charge in [0.1, 0.15) is 0 Å². The number of thiazole rings is 1. The van der Waals surface area contributed by atoms with Crippen LogP contribution >= 0.6 is 23.1 Å². The Morgan fingerprint density at radius 3 is 3.15 bits per heavy atom. The molecular formula is C18H18N4O2S2. The molecule has 1 aliphatic rings. The lowest BCUT2D eigenvalue weighted by molar-refractivity contribution is -0.116. The summed E-state index contributed by atoms with van der Waals surface area (Å²) < 4.78 is 1.53. The average Bonchev–Trinajstić information content (AvgIpc) is 3.11. The van der Waals surface area contributed by atoms with Crippen molar-refractivity contribution in [1.82, 2.24) is 9.38 Å². The number of carbonyl (C=O) groups is 1. The zero-order chi connectivity index (χ0) is 18.1. The molecule has 0 saturated heterocycles. The third kappa shape index (κ3) is 3.22. The van der Waals surface area contributed by atoms with Crippen LogP contribution in [0.1, 0.15) is 17.7 Å². The summed E-state index contributed by atoms with van der Waals surface area (Å²) in [5.41, 5.74) is 9.42. The van der Waals surface area contributed by atoms with Crippen molar-refractivity contribution in [3.8, 4) is 0 Å². The van der Waals surface area contributed by atoms with E-state index in [-0.39, 0.29) is 11.5 Å². The first-order valence-electron chi connectivity index (χ1n) is 8.35. The fraction of sp³-hybridized carbons (Fsp3) is 0.278. The predicted octanol–water partition coefficient (Wildman–Crippen LogP) is 2.55. The molecule has 1 aromatic carbocycles. The number of nitrogens with zero attached hydrogens (tertiary/aromatic N) is 3. The van der Waals surface area contributed by atoms with Gasteiger partial charge >= 0.3 is 0 Å². The summed E-state index contributed by atoms with van der Waals surface area (Å²) in [4.78, 5) is 31.7. The molecule has 4 rings (SSSR count). The topological polar surface area (TPSA) is 80.7 Å². The summed E-state index contributed by atoms with van der Waals surface area (Å²) in [5, 5.41) is 1.84. The van der Waals surface area contributed by atoms with Gasteiger partial charge in [-0.1, -0.05) is 6.07 Å². The van der Waals surface area contributed by atoms with E-state index >= 15 is 0 Å². The molecule has 6 nitrogen and oxygen atoms in total. The molecule has 0 fully saturated rings. The highest BCUT2D eigenvalue weighted by Gasteiger charge is 2.23. The van der Waals surface area contributed by atoms with Gasteiger partial charge in [-0.2, -0.15) is 0 Å². The van der Waals surface area contributed by atoms with Crippen molar-refractivity contribution in [3.05, 3.63) is 57.5 Å². The summed E-state index contributed by atoms with van der Waals surface area (Å²) in [6.45, 7) is 0.719. The van der Waals surface area contributed by atoms with Crippen molar-refractivity contribution < 1.29 is 4.79 Å². The van der Waals surface area contributed by atoms with Crippen molar-refractivity contribution in [2.45, 2.75) is 18.6 Å². The highest BCUT2D eigenvalue weighted by Crippen LogP contribution is 2.31. The maximum Gasteiger partial charge on any atom is 0.258 e. The first-order valence-corrected chi connectivity index (χ1v) is 10.4. The van der Waals surface area contributed by atoms with Gasteiger partial charge in [-0.25, -0.2) is 4.98 Å². The van der Waals surface area contributed by atoms with Gasteiger partial charge in [0.2, 0.25) is 5.91 Å². The molecular weight excluding hydrogens is 368 g/mol. The standard InChI is InChI=1S/C18H18N4O2S2/c19-14-4-1-5-15-13(14)3-2-6-21(15)17(24)11-25-10-12-9-16(23)22-7-8-26-18(22)20-12/h1,4-5,7-9H,2-3,6,10-11,19H2. The summed E-state index contributed by atoms with van der Waals surface area (Å²) in [7, 11) is 0. The summed E-state index contributed by atoms with van der Waals surface area (Å²) >= 11 is 2.91. The second kappa shape index (κ2) is 7.13. The quantitative estimate of drug-likeness (QED) is 0.697. The molecule has 0 saturated carbocycles. The van der Waals surface area contributed by atoms with E-state index in [4.69, 9.17) is 5.73 Å². The minimum absolute atomic E-state index is 0.0653. The van der Waals surface area contributed by atoms with Crippen molar-refractivity contribution in [2.75, 3.05) is 22.9 Å². The van der Waals surface area contributed by atoms with E-state index in [0.717, 1.165) is 36.3 Å². The molecule has 2 aromatic heterocycles. The Hall–Kier alpha value is -2.32. The fourth-order valence-electron chi connectivity index (χ4n) is 3.19. The summed E-state index contributed by atoms with van der Waals surface area (Å²) in [6.07, 6.45) is 3.55. The normalized spacial score (nSPS) is 13.8.